The van der Waals surface area contributed by atoms with Gasteiger partial charge in [0.05, 0.1) is 13.1 Å². The Labute approximate surface area is 137 Å². The van der Waals surface area contributed by atoms with Crippen molar-refractivity contribution in [3.63, 3.8) is 0 Å². The lowest BCUT2D eigenvalue weighted by atomic mass is 10.2. The summed E-state index contributed by atoms with van der Waals surface area (Å²) < 4.78 is 5.91. The number of carbonyl (C=O) groups excluding carboxylic acids is 2. The Bertz CT molecular complexity index is 546. The third-order valence-corrected chi connectivity index (χ3v) is 4.54. The lowest BCUT2D eigenvalue weighted by molar-refractivity contribution is -0.139. The molecular formula is C18H24N2O3. The predicted octanol–water partition coefficient (Wildman–Crippen LogP) is 2.07. The molecule has 1 aromatic rings. The summed E-state index contributed by atoms with van der Waals surface area (Å²) in [5.74, 6) is 1.00. The van der Waals surface area contributed by atoms with E-state index >= 15 is 0 Å². The zero-order valence-electron chi connectivity index (χ0n) is 13.4. The second-order valence-corrected chi connectivity index (χ2v) is 6.31. The third-order valence-electron chi connectivity index (χ3n) is 4.54. The maximum atomic E-state index is 12.4. The molecule has 2 saturated heterocycles. The van der Waals surface area contributed by atoms with Crippen molar-refractivity contribution in [1.29, 1.82) is 0 Å². The van der Waals surface area contributed by atoms with E-state index in [-0.39, 0.29) is 24.5 Å². The summed E-state index contributed by atoms with van der Waals surface area (Å²) in [6, 6.07) is 9.70. The number of rotatable bonds is 4. The standard InChI is InChI=1S/C18H24N2O3/c21-17-9-5-2-6-11-19(17)14-18(22)20-12-10-16(13-20)23-15-7-3-1-4-8-15/h1,3-4,7-8,16H,2,5-6,9-14H2. The number of likely N-dealkylation sites (tertiary alicyclic amines) is 2. The molecule has 2 fully saturated rings. The minimum atomic E-state index is 0.0411. The molecule has 2 aliphatic rings. The number of ether oxygens (including phenoxy) is 1. The first-order valence-electron chi connectivity index (χ1n) is 8.49. The van der Waals surface area contributed by atoms with Crippen LogP contribution in [0.1, 0.15) is 32.1 Å². The van der Waals surface area contributed by atoms with E-state index < -0.39 is 0 Å². The van der Waals surface area contributed by atoms with Gasteiger partial charge in [-0.3, -0.25) is 9.59 Å². The van der Waals surface area contributed by atoms with Crippen LogP contribution in [0.15, 0.2) is 30.3 Å². The normalized spacial score (nSPS) is 22.1. The first-order chi connectivity index (χ1) is 11.2. The fourth-order valence-corrected chi connectivity index (χ4v) is 3.21. The van der Waals surface area contributed by atoms with Crippen LogP contribution in [0.25, 0.3) is 0 Å². The molecule has 1 atom stereocenters. The van der Waals surface area contributed by atoms with Crippen LogP contribution in [0.2, 0.25) is 0 Å². The van der Waals surface area contributed by atoms with Gasteiger partial charge in [-0.15, -0.1) is 0 Å². The molecule has 0 spiro atoms. The minimum Gasteiger partial charge on any atom is -0.489 e. The smallest absolute Gasteiger partial charge is 0.242 e. The van der Waals surface area contributed by atoms with Crippen LogP contribution >= 0.6 is 0 Å². The summed E-state index contributed by atoms with van der Waals surface area (Å²) in [4.78, 5) is 28.0. The highest BCUT2D eigenvalue weighted by Crippen LogP contribution is 2.19. The number of benzene rings is 1. The largest absolute Gasteiger partial charge is 0.489 e. The van der Waals surface area contributed by atoms with Crippen molar-refractivity contribution in [3.05, 3.63) is 30.3 Å². The Morgan fingerprint density at radius 3 is 2.78 bits per heavy atom. The molecule has 2 heterocycles. The predicted molar refractivity (Wildman–Crippen MR) is 87.1 cm³/mol. The van der Waals surface area contributed by atoms with Gasteiger partial charge in [-0.2, -0.15) is 0 Å². The topological polar surface area (TPSA) is 49.9 Å². The lowest BCUT2D eigenvalue weighted by Crippen LogP contribution is -2.42. The third kappa shape index (κ3) is 4.24. The molecule has 1 unspecified atom stereocenters. The number of hydrogen-bond donors (Lipinski definition) is 0. The van der Waals surface area contributed by atoms with Gasteiger partial charge in [0, 0.05) is 25.9 Å². The second kappa shape index (κ2) is 7.49. The van der Waals surface area contributed by atoms with Crippen molar-refractivity contribution in [2.75, 3.05) is 26.2 Å². The molecule has 0 aliphatic carbocycles. The molecule has 5 nitrogen and oxygen atoms in total. The van der Waals surface area contributed by atoms with E-state index in [9.17, 15) is 9.59 Å². The summed E-state index contributed by atoms with van der Waals surface area (Å²) in [6.07, 6.45) is 4.48. The van der Waals surface area contributed by atoms with Gasteiger partial charge in [0.1, 0.15) is 11.9 Å². The van der Waals surface area contributed by atoms with E-state index in [4.69, 9.17) is 4.74 Å². The van der Waals surface area contributed by atoms with E-state index in [0.29, 0.717) is 26.1 Å². The van der Waals surface area contributed by atoms with E-state index in [1.807, 2.05) is 35.2 Å². The zero-order chi connectivity index (χ0) is 16.1. The molecule has 5 heteroatoms. The van der Waals surface area contributed by atoms with Gasteiger partial charge in [0.15, 0.2) is 0 Å². The van der Waals surface area contributed by atoms with Crippen LogP contribution in [0, 0.1) is 0 Å². The number of carbonyl (C=O) groups is 2. The molecule has 0 saturated carbocycles. The quantitative estimate of drug-likeness (QED) is 0.854. The second-order valence-electron chi connectivity index (χ2n) is 6.31. The monoisotopic (exact) mass is 316 g/mol. The van der Waals surface area contributed by atoms with Gasteiger partial charge >= 0.3 is 0 Å². The van der Waals surface area contributed by atoms with E-state index in [1.54, 1.807) is 4.90 Å². The SMILES string of the molecule is O=C1CCCCCN1CC(=O)N1CCC(Oc2ccccc2)C1. The Morgan fingerprint density at radius 2 is 1.96 bits per heavy atom. The van der Waals surface area contributed by atoms with Gasteiger partial charge in [-0.1, -0.05) is 24.6 Å². The highest BCUT2D eigenvalue weighted by atomic mass is 16.5. The molecule has 23 heavy (non-hydrogen) atoms. The molecule has 3 rings (SSSR count). The highest BCUT2D eigenvalue weighted by Gasteiger charge is 2.29. The molecule has 0 N–H and O–H groups in total. The molecule has 124 valence electrons. The number of amides is 2. The maximum absolute atomic E-state index is 12.4. The summed E-state index contributed by atoms with van der Waals surface area (Å²) in [5, 5.41) is 0. The summed E-state index contributed by atoms with van der Waals surface area (Å²) in [5.41, 5.74) is 0. The number of para-hydroxylation sites is 1. The lowest BCUT2D eigenvalue weighted by Gasteiger charge is -2.24. The molecule has 1 aromatic carbocycles. The summed E-state index contributed by atoms with van der Waals surface area (Å²) in [7, 11) is 0. The maximum Gasteiger partial charge on any atom is 0.242 e. The van der Waals surface area contributed by atoms with Gasteiger partial charge in [-0.05, 0) is 25.0 Å². The summed E-state index contributed by atoms with van der Waals surface area (Å²) in [6.45, 7) is 2.24. The Kier molecular flexibility index (Phi) is 5.16. The number of hydrogen-bond acceptors (Lipinski definition) is 3. The van der Waals surface area contributed by atoms with Crippen molar-refractivity contribution < 1.29 is 14.3 Å². The summed E-state index contributed by atoms with van der Waals surface area (Å²) >= 11 is 0. The van der Waals surface area contributed by atoms with Gasteiger partial charge in [-0.25, -0.2) is 0 Å². The molecule has 0 bridgehead atoms. The molecular weight excluding hydrogens is 292 g/mol. The molecule has 2 amide bonds. The number of nitrogens with zero attached hydrogens (tertiary/aromatic N) is 2. The van der Waals surface area contributed by atoms with Crippen LogP contribution in [-0.2, 0) is 9.59 Å². The van der Waals surface area contributed by atoms with Crippen LogP contribution < -0.4 is 4.74 Å². The Balaban J connectivity index is 1.50. The van der Waals surface area contributed by atoms with E-state index in [0.717, 1.165) is 31.4 Å². The average molecular weight is 316 g/mol. The zero-order valence-corrected chi connectivity index (χ0v) is 13.4. The highest BCUT2D eigenvalue weighted by molar-refractivity contribution is 5.85. The molecule has 0 radical (unpaired) electrons. The molecule has 2 aliphatic heterocycles. The van der Waals surface area contributed by atoms with Crippen molar-refractivity contribution >= 4 is 11.8 Å². The Hall–Kier alpha value is -2.04. The molecule has 0 aromatic heterocycles. The van der Waals surface area contributed by atoms with E-state index in [2.05, 4.69) is 0 Å². The minimum absolute atomic E-state index is 0.0411. The van der Waals surface area contributed by atoms with Crippen LogP contribution in [-0.4, -0.2) is 53.9 Å². The van der Waals surface area contributed by atoms with E-state index in [1.165, 1.54) is 0 Å². The van der Waals surface area contributed by atoms with Crippen LogP contribution in [0.5, 0.6) is 5.75 Å². The first kappa shape index (κ1) is 15.8. The van der Waals surface area contributed by atoms with Crippen molar-refractivity contribution in [2.45, 2.75) is 38.2 Å². The van der Waals surface area contributed by atoms with Crippen LogP contribution in [0.3, 0.4) is 0 Å². The van der Waals surface area contributed by atoms with Crippen LogP contribution in [0.4, 0.5) is 0 Å². The first-order valence-corrected chi connectivity index (χ1v) is 8.49. The van der Waals surface area contributed by atoms with Gasteiger partial charge < -0.3 is 14.5 Å². The fourth-order valence-electron chi connectivity index (χ4n) is 3.21. The fraction of sp³-hybridized carbons (Fsp3) is 0.556. The average Bonchev–Trinajstić information content (AvgIpc) is 2.93. The van der Waals surface area contributed by atoms with Gasteiger partial charge in [0.25, 0.3) is 0 Å². The van der Waals surface area contributed by atoms with Crippen molar-refractivity contribution in [1.82, 2.24) is 9.80 Å². The van der Waals surface area contributed by atoms with Crippen molar-refractivity contribution in [3.8, 4) is 5.75 Å². The Morgan fingerprint density at radius 1 is 1.13 bits per heavy atom. The van der Waals surface area contributed by atoms with Crippen molar-refractivity contribution in [2.24, 2.45) is 0 Å². The van der Waals surface area contributed by atoms with Gasteiger partial charge in [0.2, 0.25) is 11.8 Å².